The molecular formula is C87H96N12O10. The number of carbonyl (C=O) groups excluding carboxylic acids is 4. The topological polar surface area (TPSA) is 309 Å². The smallest absolute Gasteiger partial charge is 0.267 e. The van der Waals surface area contributed by atoms with Gasteiger partial charge in [-0.15, -0.1) is 6.58 Å². The quantitative estimate of drug-likeness (QED) is 0.00658. The molecule has 109 heavy (non-hydrogen) atoms. The van der Waals surface area contributed by atoms with Crippen LogP contribution in [0.4, 0.5) is 0 Å². The monoisotopic (exact) mass is 1470 g/mol. The van der Waals surface area contributed by atoms with Crippen LogP contribution in [-0.2, 0) is 96.7 Å². The summed E-state index contributed by atoms with van der Waals surface area (Å²) in [5.74, 6) is 1.78. The zero-order valence-corrected chi connectivity index (χ0v) is 61.8. The molecular weight excluding hydrogens is 1370 g/mol. The molecule has 22 heteroatoms. The third-order valence-corrected chi connectivity index (χ3v) is 17.8. The number of fused-ring (bicyclic) bond motifs is 4. The number of aliphatic hydroxyl groups is 2. The summed E-state index contributed by atoms with van der Waals surface area (Å²) in [5.41, 5.74) is 22.6. The zero-order chi connectivity index (χ0) is 77.3. The van der Waals surface area contributed by atoms with Crippen molar-refractivity contribution in [3.63, 3.8) is 0 Å². The van der Waals surface area contributed by atoms with E-state index in [1.54, 1.807) is 46.2 Å². The van der Waals surface area contributed by atoms with Gasteiger partial charge < -0.3 is 28.5 Å². The summed E-state index contributed by atoms with van der Waals surface area (Å²) in [7, 11) is 0. The maximum Gasteiger partial charge on any atom is 0.267 e. The van der Waals surface area contributed by atoms with Gasteiger partial charge in [0.05, 0.1) is 50.7 Å². The van der Waals surface area contributed by atoms with Crippen molar-refractivity contribution in [2.45, 2.75) is 118 Å². The normalized spacial score (nSPS) is 11.5. The Bertz CT molecular complexity index is 5070. The van der Waals surface area contributed by atoms with Crippen LogP contribution < -0.4 is 21.9 Å². The molecule has 4 aromatic heterocycles. The number of aliphatic hydroxyl groups excluding tert-OH is 2. The van der Waals surface area contributed by atoms with Gasteiger partial charge in [-0.05, 0) is 168 Å². The fourth-order valence-corrected chi connectivity index (χ4v) is 12.5. The lowest BCUT2D eigenvalue weighted by Gasteiger charge is -2.21. The lowest BCUT2D eigenvalue weighted by molar-refractivity contribution is -0.124. The number of aryl methyl sites for hydroxylation is 9. The lowest BCUT2D eigenvalue weighted by Crippen LogP contribution is -2.17. The number of unbranched alkanes of at least 4 members (excludes halogenated alkanes) is 2. The first-order chi connectivity index (χ1) is 53.0. The summed E-state index contributed by atoms with van der Waals surface area (Å²) in [4.78, 5) is 63.9. The average Bonchev–Trinajstić information content (AvgIpc) is 1.65. The molecule has 0 radical (unpaired) electrons. The third-order valence-electron chi connectivity index (χ3n) is 17.8. The van der Waals surface area contributed by atoms with E-state index in [0.29, 0.717) is 13.1 Å². The molecule has 0 spiro atoms. The number of benzene rings is 8. The molecule has 0 unspecified atom stereocenters. The highest BCUT2D eigenvalue weighted by molar-refractivity contribution is 5.94. The summed E-state index contributed by atoms with van der Waals surface area (Å²) in [6.45, 7) is 13.7. The second kappa shape index (κ2) is 41.8. The minimum absolute atomic E-state index is 0.0438. The van der Waals surface area contributed by atoms with Crippen molar-refractivity contribution in [3.8, 4) is 0 Å². The van der Waals surface area contributed by atoms with Gasteiger partial charge in [0.2, 0.25) is 0 Å². The fourth-order valence-electron chi connectivity index (χ4n) is 12.5. The summed E-state index contributed by atoms with van der Waals surface area (Å²) >= 11 is 0. The second-order valence-corrected chi connectivity index (χ2v) is 27.1. The summed E-state index contributed by atoms with van der Waals surface area (Å²) < 4.78 is 8.78. The number of hydrogen-bond donors (Lipinski definition) is 10. The van der Waals surface area contributed by atoms with Gasteiger partial charge in [0, 0.05) is 82.8 Å². The van der Waals surface area contributed by atoms with Crippen LogP contribution >= 0.6 is 0 Å². The molecule has 12 aromatic rings. The molecule has 0 aliphatic rings. The maximum atomic E-state index is 11.2. The molecule has 12 rings (SSSR count). The van der Waals surface area contributed by atoms with Crippen LogP contribution in [0.1, 0.15) is 108 Å². The minimum Gasteiger partial charge on any atom is -0.396 e. The summed E-state index contributed by atoms with van der Waals surface area (Å²) in [6, 6.07) is 64.8. The predicted octanol–water partition coefficient (Wildman–Crippen LogP) is 13.7. The summed E-state index contributed by atoms with van der Waals surface area (Å²) in [6.07, 6.45) is 23.3. The van der Waals surface area contributed by atoms with E-state index >= 15 is 0 Å². The number of imidazole rings is 4. The van der Waals surface area contributed by atoms with E-state index in [4.69, 9.17) is 45.9 Å². The minimum atomic E-state index is -0.584. The molecule has 10 N–H and O–H groups in total. The number of amides is 4. The van der Waals surface area contributed by atoms with Gasteiger partial charge in [-0.1, -0.05) is 172 Å². The molecule has 0 atom stereocenters. The van der Waals surface area contributed by atoms with Crippen molar-refractivity contribution in [3.05, 3.63) is 299 Å². The fraction of sp³-hybridized carbons (Fsp3) is 0.241. The SMILES string of the molecule is C=CCn1c(CCc2ccccc2)nc2cc(/C=C/C(=O)NO)ccc21.CC(C)(C)Cn1c(CCc2ccccc2)nc2cc(/C=C/C(=O)NO)ccc21.O=C(/C=C/c1ccc2c(c1)nc(CCc1ccccc1)n2CCCCCO)NO.O=C(/C=C/c1ccc2c(c1)nc(CCc1ccccc1)n2CCO)NO. The van der Waals surface area contributed by atoms with E-state index in [1.807, 2.05) is 138 Å². The van der Waals surface area contributed by atoms with E-state index in [1.165, 1.54) is 46.6 Å². The Labute approximate surface area is 634 Å². The molecule has 4 amide bonds. The first-order valence-electron chi connectivity index (χ1n) is 36.4. The van der Waals surface area contributed by atoms with Crippen LogP contribution in [0.2, 0.25) is 0 Å². The highest BCUT2D eigenvalue weighted by atomic mass is 16.5. The van der Waals surface area contributed by atoms with Gasteiger partial charge in [-0.3, -0.25) is 40.0 Å². The standard InChI is InChI=1S/C23H27N3O3.C23H27N3O2.C21H21N3O2.C20H21N3O3/c27-16-6-2-5-15-26-21-12-9-19(11-14-23(28)25-29)17-20(21)24-22(26)13-10-18-7-3-1-4-8-18;1-23(2,3)16-26-20-12-9-18(11-14-22(27)25-28)15-19(20)24-21(26)13-10-17-7-5-4-6-8-17;1-2-14-24-19-11-8-17(10-13-21(25)23-26)15-18(19)22-20(24)12-9-16-6-4-3-5-7-16;24-13-12-23-18-9-6-16(8-11-20(25)22-26)14-17(18)21-19(23)10-7-15-4-2-1-3-5-15/h1,3-4,7-9,11-12,14,17,27,29H,2,5-6,10,13,15-16H2,(H,25,28);4-9,11-12,14-15,28H,10,13,16H2,1-3H3,(H,25,27);2-8,10-11,13,15,26H,1,9,12,14H2,(H,23,25);1-6,8-9,11,14,24,26H,7,10,12-13H2,(H,22,25)/b2*14-11+;13-10+;11-8+. The van der Waals surface area contributed by atoms with Crippen LogP contribution in [-0.4, -0.2) is 106 Å². The second-order valence-electron chi connectivity index (χ2n) is 27.1. The van der Waals surface area contributed by atoms with Crippen LogP contribution in [0, 0.1) is 5.41 Å². The number of hydroxylamine groups is 4. The number of rotatable bonds is 30. The number of aromatic nitrogens is 8. The van der Waals surface area contributed by atoms with E-state index in [-0.39, 0.29) is 18.6 Å². The molecule has 0 aliphatic carbocycles. The highest BCUT2D eigenvalue weighted by Gasteiger charge is 2.20. The maximum absolute atomic E-state index is 11.2. The van der Waals surface area contributed by atoms with Gasteiger partial charge in [0.1, 0.15) is 23.3 Å². The molecule has 22 nitrogen and oxygen atoms in total. The van der Waals surface area contributed by atoms with Crippen molar-refractivity contribution in [2.75, 3.05) is 13.2 Å². The molecule has 0 saturated heterocycles. The first-order valence-corrected chi connectivity index (χ1v) is 36.4. The van der Waals surface area contributed by atoms with Crippen molar-refractivity contribution in [1.82, 2.24) is 60.1 Å². The number of allylic oxidation sites excluding steroid dienone is 1. The van der Waals surface area contributed by atoms with Crippen LogP contribution in [0.3, 0.4) is 0 Å². The van der Waals surface area contributed by atoms with Gasteiger partial charge in [0.15, 0.2) is 0 Å². The Kier molecular flexibility index (Phi) is 31.1. The first kappa shape index (κ1) is 81.1. The Morgan fingerprint density at radius 3 is 0.954 bits per heavy atom. The van der Waals surface area contributed by atoms with Gasteiger partial charge in [-0.2, -0.15) is 0 Å². The van der Waals surface area contributed by atoms with Gasteiger partial charge in [0.25, 0.3) is 23.6 Å². The third kappa shape index (κ3) is 24.8. The average molecular weight is 1470 g/mol. The molecule has 0 fully saturated rings. The molecule has 0 aliphatic heterocycles. The van der Waals surface area contributed by atoms with Crippen molar-refractivity contribution in [2.24, 2.45) is 5.41 Å². The summed E-state index contributed by atoms with van der Waals surface area (Å²) in [5, 5.41) is 52.8. The molecule has 0 bridgehead atoms. The van der Waals surface area contributed by atoms with Crippen LogP contribution in [0.25, 0.3) is 68.4 Å². The molecule has 564 valence electrons. The number of hydrogen-bond acceptors (Lipinski definition) is 14. The van der Waals surface area contributed by atoms with E-state index in [0.717, 1.165) is 173 Å². The van der Waals surface area contributed by atoms with Gasteiger partial charge >= 0.3 is 0 Å². The van der Waals surface area contributed by atoms with Crippen LogP contribution in [0.15, 0.2) is 231 Å². The van der Waals surface area contributed by atoms with E-state index < -0.39 is 23.6 Å². The van der Waals surface area contributed by atoms with Crippen molar-refractivity contribution < 1.29 is 50.2 Å². The lowest BCUT2D eigenvalue weighted by atomic mass is 9.96. The number of nitrogens with zero attached hydrogens (tertiary/aromatic N) is 8. The Balaban J connectivity index is 0.000000168. The van der Waals surface area contributed by atoms with Crippen LogP contribution in [0.5, 0.6) is 0 Å². The van der Waals surface area contributed by atoms with E-state index in [2.05, 4.69) is 108 Å². The largest absolute Gasteiger partial charge is 0.396 e. The zero-order valence-electron chi connectivity index (χ0n) is 61.8. The highest BCUT2D eigenvalue weighted by Crippen LogP contribution is 2.28. The molecule has 8 aromatic carbocycles. The van der Waals surface area contributed by atoms with E-state index in [9.17, 15) is 24.3 Å². The van der Waals surface area contributed by atoms with Crippen molar-refractivity contribution >= 4 is 92.1 Å². The Hall–Kier alpha value is -12.0. The Morgan fingerprint density at radius 2 is 0.661 bits per heavy atom. The van der Waals surface area contributed by atoms with Crippen molar-refractivity contribution in [1.29, 1.82) is 0 Å². The molecule has 0 saturated carbocycles. The number of nitrogens with one attached hydrogen (secondary N) is 4. The predicted molar refractivity (Wildman–Crippen MR) is 428 cm³/mol. The Morgan fingerprint density at radius 1 is 0.367 bits per heavy atom. The molecule has 4 heterocycles. The number of carbonyl (C=O) groups is 4. The van der Waals surface area contributed by atoms with Gasteiger partial charge in [-0.25, -0.2) is 41.9 Å².